The summed E-state index contributed by atoms with van der Waals surface area (Å²) in [6, 6.07) is 12.5. The number of carbonyl (C=O) groups excluding carboxylic acids is 2. The summed E-state index contributed by atoms with van der Waals surface area (Å²) in [5.41, 5.74) is -0.535. The number of nitrogens with one attached hydrogen (secondary N) is 1. The second-order valence-corrected chi connectivity index (χ2v) is 9.03. The van der Waals surface area contributed by atoms with E-state index in [-0.39, 0.29) is 30.5 Å². The maximum absolute atomic E-state index is 13.5. The maximum Gasteiger partial charge on any atom is 0.416 e. The van der Waals surface area contributed by atoms with Crippen LogP contribution in [0.15, 0.2) is 48.5 Å². The molecule has 1 N–H and O–H groups in total. The van der Waals surface area contributed by atoms with Gasteiger partial charge in [0.15, 0.2) is 0 Å². The predicted octanol–water partition coefficient (Wildman–Crippen LogP) is 4.68. The molecule has 2 amide bonds. The smallest absolute Gasteiger partial charge is 0.322 e. The highest BCUT2D eigenvalue weighted by Crippen LogP contribution is 2.38. The number of amides is 2. The number of alkyl halides is 3. The van der Waals surface area contributed by atoms with E-state index >= 15 is 0 Å². The summed E-state index contributed by atoms with van der Waals surface area (Å²) in [6.07, 6.45) is -2.45. The van der Waals surface area contributed by atoms with Crippen LogP contribution in [-0.2, 0) is 22.3 Å². The van der Waals surface area contributed by atoms with Crippen LogP contribution >= 0.6 is 0 Å². The zero-order chi connectivity index (χ0) is 23.1. The predicted molar refractivity (Wildman–Crippen MR) is 116 cm³/mol. The standard InChI is InChI=1S/C24H26F3N3O2/c1-23(2)22(32)28-19-9-5-6-10-20(19)30(23)21(31)15-29(13-16-11-12-16)14-17-7-3-4-8-18(17)24(25,26)27/h3-10,16H,11-15H2,1-2H3,(H,28,32). The number of carbonyl (C=O) groups is 2. The van der Waals surface area contributed by atoms with Gasteiger partial charge in [0, 0.05) is 13.1 Å². The summed E-state index contributed by atoms with van der Waals surface area (Å²) in [5.74, 6) is -0.242. The first-order valence-electron chi connectivity index (χ1n) is 10.7. The maximum atomic E-state index is 13.5. The zero-order valence-corrected chi connectivity index (χ0v) is 18.1. The Morgan fingerprint density at radius 1 is 1.12 bits per heavy atom. The molecule has 8 heteroatoms. The first-order valence-corrected chi connectivity index (χ1v) is 10.7. The SMILES string of the molecule is CC1(C)C(=O)Nc2ccccc2N1C(=O)CN(Cc1ccccc1C(F)(F)F)CC1CC1. The van der Waals surface area contributed by atoms with Gasteiger partial charge in [0.25, 0.3) is 0 Å². The van der Waals surface area contributed by atoms with Crippen LogP contribution in [0.2, 0.25) is 0 Å². The molecule has 2 aromatic rings. The van der Waals surface area contributed by atoms with E-state index in [0.29, 0.717) is 23.8 Å². The van der Waals surface area contributed by atoms with Gasteiger partial charge in [-0.25, -0.2) is 0 Å². The van der Waals surface area contributed by atoms with Crippen molar-refractivity contribution in [1.29, 1.82) is 0 Å². The number of rotatable bonds is 6. The summed E-state index contributed by atoms with van der Waals surface area (Å²) in [5, 5.41) is 2.82. The Morgan fingerprint density at radius 3 is 2.47 bits per heavy atom. The number of para-hydroxylation sites is 2. The van der Waals surface area contributed by atoms with Crippen LogP contribution in [0.4, 0.5) is 24.5 Å². The molecule has 0 bridgehead atoms. The van der Waals surface area contributed by atoms with E-state index in [0.717, 1.165) is 18.9 Å². The molecule has 1 saturated carbocycles. The van der Waals surface area contributed by atoms with E-state index in [2.05, 4.69) is 5.32 Å². The van der Waals surface area contributed by atoms with Crippen LogP contribution in [0.25, 0.3) is 0 Å². The van der Waals surface area contributed by atoms with Gasteiger partial charge < -0.3 is 5.32 Å². The Hall–Kier alpha value is -2.87. The van der Waals surface area contributed by atoms with Crippen molar-refractivity contribution in [3.05, 3.63) is 59.7 Å². The molecule has 4 rings (SSSR count). The number of benzene rings is 2. The lowest BCUT2D eigenvalue weighted by molar-refractivity contribution is -0.138. The minimum atomic E-state index is -4.46. The first kappa shape index (κ1) is 22.3. The lowest BCUT2D eigenvalue weighted by Gasteiger charge is -2.42. The molecular formula is C24H26F3N3O2. The van der Waals surface area contributed by atoms with Crippen LogP contribution in [0, 0.1) is 5.92 Å². The first-order chi connectivity index (χ1) is 15.1. The Bertz CT molecular complexity index is 1030. The number of fused-ring (bicyclic) bond motifs is 1. The van der Waals surface area contributed by atoms with Crippen LogP contribution in [0.3, 0.4) is 0 Å². The number of hydrogen-bond acceptors (Lipinski definition) is 3. The summed E-state index contributed by atoms with van der Waals surface area (Å²) < 4.78 is 40.5. The molecule has 0 aromatic heterocycles. The fourth-order valence-electron chi connectivity index (χ4n) is 4.19. The van der Waals surface area contributed by atoms with Gasteiger partial charge in [-0.15, -0.1) is 0 Å². The molecule has 0 saturated heterocycles. The summed E-state index contributed by atoms with van der Waals surface area (Å²) in [6.45, 7) is 3.81. The average Bonchev–Trinajstić information content (AvgIpc) is 3.52. The highest BCUT2D eigenvalue weighted by atomic mass is 19.4. The van der Waals surface area contributed by atoms with Gasteiger partial charge in [0.05, 0.1) is 23.5 Å². The highest BCUT2D eigenvalue weighted by molar-refractivity contribution is 6.14. The van der Waals surface area contributed by atoms with Gasteiger partial charge >= 0.3 is 6.18 Å². The normalized spacial score (nSPS) is 17.8. The Kier molecular flexibility index (Phi) is 5.75. The minimum absolute atomic E-state index is 0.0139. The van der Waals surface area contributed by atoms with E-state index in [1.54, 1.807) is 49.1 Å². The quantitative estimate of drug-likeness (QED) is 0.703. The third-order valence-corrected chi connectivity index (χ3v) is 6.05. The van der Waals surface area contributed by atoms with E-state index in [9.17, 15) is 22.8 Å². The van der Waals surface area contributed by atoms with Crippen molar-refractivity contribution in [3.8, 4) is 0 Å². The van der Waals surface area contributed by atoms with Gasteiger partial charge in [0.2, 0.25) is 11.8 Å². The molecule has 0 spiro atoms. The van der Waals surface area contributed by atoms with Gasteiger partial charge in [-0.2, -0.15) is 13.2 Å². The van der Waals surface area contributed by atoms with Crippen molar-refractivity contribution in [2.75, 3.05) is 23.3 Å². The lowest BCUT2D eigenvalue weighted by Crippen LogP contribution is -2.60. The molecule has 1 fully saturated rings. The largest absolute Gasteiger partial charge is 0.416 e. The van der Waals surface area contributed by atoms with Gasteiger partial charge in [-0.05, 0) is 56.4 Å². The summed E-state index contributed by atoms with van der Waals surface area (Å²) >= 11 is 0. The highest BCUT2D eigenvalue weighted by Gasteiger charge is 2.44. The van der Waals surface area contributed by atoms with Crippen LogP contribution < -0.4 is 10.2 Å². The van der Waals surface area contributed by atoms with Gasteiger partial charge in [0.1, 0.15) is 5.54 Å². The van der Waals surface area contributed by atoms with Crippen molar-refractivity contribution in [3.63, 3.8) is 0 Å². The molecule has 0 radical (unpaired) electrons. The van der Waals surface area contributed by atoms with Crippen LogP contribution in [0.5, 0.6) is 0 Å². The molecule has 0 unspecified atom stereocenters. The van der Waals surface area contributed by atoms with Crippen molar-refractivity contribution in [2.24, 2.45) is 5.92 Å². The van der Waals surface area contributed by atoms with Gasteiger partial charge in [-0.1, -0.05) is 30.3 Å². The molecule has 1 heterocycles. The van der Waals surface area contributed by atoms with Crippen molar-refractivity contribution in [1.82, 2.24) is 4.90 Å². The molecule has 1 aliphatic heterocycles. The molecule has 0 atom stereocenters. The Balaban J connectivity index is 1.61. The molecule has 2 aliphatic rings. The van der Waals surface area contributed by atoms with E-state index < -0.39 is 17.3 Å². The van der Waals surface area contributed by atoms with E-state index in [4.69, 9.17) is 0 Å². The number of halogens is 3. The van der Waals surface area contributed by atoms with Crippen molar-refractivity contribution >= 4 is 23.2 Å². The van der Waals surface area contributed by atoms with Crippen LogP contribution in [0.1, 0.15) is 37.8 Å². The molecule has 1 aliphatic carbocycles. The fourth-order valence-corrected chi connectivity index (χ4v) is 4.19. The number of hydrogen-bond donors (Lipinski definition) is 1. The number of nitrogens with zero attached hydrogens (tertiary/aromatic N) is 2. The molecule has 2 aromatic carbocycles. The third-order valence-electron chi connectivity index (χ3n) is 6.05. The topological polar surface area (TPSA) is 52.7 Å². The Labute approximate surface area is 185 Å². The number of anilines is 2. The molecule has 32 heavy (non-hydrogen) atoms. The zero-order valence-electron chi connectivity index (χ0n) is 18.1. The molecule has 170 valence electrons. The minimum Gasteiger partial charge on any atom is -0.322 e. The monoisotopic (exact) mass is 445 g/mol. The fraction of sp³-hybridized carbons (Fsp3) is 0.417. The van der Waals surface area contributed by atoms with Crippen molar-refractivity contribution in [2.45, 2.75) is 44.9 Å². The molecule has 5 nitrogen and oxygen atoms in total. The molecular weight excluding hydrogens is 419 g/mol. The second kappa shape index (κ2) is 8.24. The van der Waals surface area contributed by atoms with E-state index in [1.807, 2.05) is 0 Å². The second-order valence-electron chi connectivity index (χ2n) is 9.03. The van der Waals surface area contributed by atoms with Crippen molar-refractivity contribution < 1.29 is 22.8 Å². The van der Waals surface area contributed by atoms with E-state index in [1.165, 1.54) is 17.0 Å². The average molecular weight is 445 g/mol. The van der Waals surface area contributed by atoms with Crippen LogP contribution in [-0.4, -0.2) is 35.3 Å². The van der Waals surface area contributed by atoms with Gasteiger partial charge in [-0.3, -0.25) is 19.4 Å². The summed E-state index contributed by atoms with van der Waals surface area (Å²) in [4.78, 5) is 29.4. The Morgan fingerprint density at radius 2 is 1.78 bits per heavy atom. The lowest BCUT2D eigenvalue weighted by atomic mass is 9.96. The summed E-state index contributed by atoms with van der Waals surface area (Å²) in [7, 11) is 0. The third kappa shape index (κ3) is 4.50.